The van der Waals surface area contributed by atoms with Crippen molar-refractivity contribution >= 4 is 26.8 Å². The van der Waals surface area contributed by atoms with E-state index in [2.05, 4.69) is 38.7 Å². The van der Waals surface area contributed by atoms with Crippen molar-refractivity contribution in [2.75, 3.05) is 0 Å². The average Bonchev–Trinajstić information content (AvgIpc) is 2.47. The molecule has 0 aliphatic carbocycles. The van der Waals surface area contributed by atoms with Crippen molar-refractivity contribution in [2.24, 2.45) is 0 Å². The number of fused-ring (bicyclic) bond motifs is 1. The standard InChI is InChI=1S/C11H12BrNO/c1-8(14)7-13-5-4-9-6-10(12)2-3-11(9)13/h2-6,8,14H,7H2,1H3. The van der Waals surface area contributed by atoms with Crippen molar-refractivity contribution in [3.63, 3.8) is 0 Å². The summed E-state index contributed by atoms with van der Waals surface area (Å²) in [6.45, 7) is 2.44. The van der Waals surface area contributed by atoms with Gasteiger partial charge in [0.05, 0.1) is 6.10 Å². The molecule has 0 bridgehead atoms. The summed E-state index contributed by atoms with van der Waals surface area (Å²) in [7, 11) is 0. The topological polar surface area (TPSA) is 25.2 Å². The molecule has 74 valence electrons. The van der Waals surface area contributed by atoms with Gasteiger partial charge in [-0.25, -0.2) is 0 Å². The van der Waals surface area contributed by atoms with E-state index >= 15 is 0 Å². The molecule has 1 atom stereocenters. The van der Waals surface area contributed by atoms with Gasteiger partial charge in [-0.05, 0) is 31.2 Å². The first-order valence-corrected chi connectivity index (χ1v) is 5.38. The second-order valence-corrected chi connectivity index (χ2v) is 4.44. The van der Waals surface area contributed by atoms with Crippen LogP contribution in [0.1, 0.15) is 6.92 Å². The van der Waals surface area contributed by atoms with E-state index in [4.69, 9.17) is 0 Å². The third-order valence-electron chi connectivity index (χ3n) is 2.19. The van der Waals surface area contributed by atoms with Crippen LogP contribution in [0.4, 0.5) is 0 Å². The molecule has 0 amide bonds. The van der Waals surface area contributed by atoms with E-state index in [1.165, 1.54) is 5.39 Å². The molecule has 0 radical (unpaired) electrons. The van der Waals surface area contributed by atoms with Gasteiger partial charge in [-0.1, -0.05) is 15.9 Å². The minimum atomic E-state index is -0.311. The average molecular weight is 254 g/mol. The van der Waals surface area contributed by atoms with E-state index in [0.29, 0.717) is 6.54 Å². The Hall–Kier alpha value is -0.800. The highest BCUT2D eigenvalue weighted by Gasteiger charge is 2.03. The van der Waals surface area contributed by atoms with Crippen LogP contribution >= 0.6 is 15.9 Å². The largest absolute Gasteiger partial charge is 0.392 e. The monoisotopic (exact) mass is 253 g/mol. The van der Waals surface area contributed by atoms with Gasteiger partial charge in [0.15, 0.2) is 0 Å². The maximum Gasteiger partial charge on any atom is 0.0691 e. The normalized spacial score (nSPS) is 13.4. The van der Waals surface area contributed by atoms with Crippen molar-refractivity contribution in [3.05, 3.63) is 34.9 Å². The Morgan fingerprint density at radius 3 is 2.93 bits per heavy atom. The number of hydrogen-bond donors (Lipinski definition) is 1. The van der Waals surface area contributed by atoms with Crippen molar-refractivity contribution < 1.29 is 5.11 Å². The van der Waals surface area contributed by atoms with Gasteiger partial charge < -0.3 is 9.67 Å². The van der Waals surface area contributed by atoms with Crippen molar-refractivity contribution in [1.82, 2.24) is 4.57 Å². The third kappa shape index (κ3) is 1.83. The number of nitrogens with zero attached hydrogens (tertiary/aromatic N) is 1. The number of aromatic nitrogens is 1. The van der Waals surface area contributed by atoms with Crippen LogP contribution in [-0.4, -0.2) is 15.8 Å². The second kappa shape index (κ2) is 3.75. The fourth-order valence-corrected chi connectivity index (χ4v) is 1.99. The molecule has 1 aromatic heterocycles. The molecule has 0 fully saturated rings. The van der Waals surface area contributed by atoms with Gasteiger partial charge in [0.1, 0.15) is 0 Å². The minimum absolute atomic E-state index is 0.311. The molecule has 0 saturated heterocycles. The molecule has 1 heterocycles. The molecule has 2 rings (SSSR count). The number of hydrogen-bond acceptors (Lipinski definition) is 1. The molecular formula is C11H12BrNO. The number of halogens is 1. The summed E-state index contributed by atoms with van der Waals surface area (Å²) in [4.78, 5) is 0. The van der Waals surface area contributed by atoms with Gasteiger partial charge in [-0.15, -0.1) is 0 Å². The first-order chi connectivity index (χ1) is 6.66. The second-order valence-electron chi connectivity index (χ2n) is 3.52. The highest BCUT2D eigenvalue weighted by molar-refractivity contribution is 9.10. The number of benzene rings is 1. The smallest absolute Gasteiger partial charge is 0.0691 e. The zero-order valence-electron chi connectivity index (χ0n) is 7.94. The molecule has 1 unspecified atom stereocenters. The molecule has 1 aromatic carbocycles. The van der Waals surface area contributed by atoms with Crippen LogP contribution in [0.5, 0.6) is 0 Å². The van der Waals surface area contributed by atoms with Crippen LogP contribution in [0.15, 0.2) is 34.9 Å². The molecule has 0 saturated carbocycles. The molecular weight excluding hydrogens is 242 g/mol. The molecule has 3 heteroatoms. The maximum atomic E-state index is 9.31. The lowest BCUT2D eigenvalue weighted by atomic mass is 10.2. The van der Waals surface area contributed by atoms with Gasteiger partial charge in [-0.2, -0.15) is 0 Å². The van der Waals surface area contributed by atoms with E-state index in [-0.39, 0.29) is 6.10 Å². The Balaban J connectivity index is 2.47. The predicted molar refractivity (Wildman–Crippen MR) is 61.3 cm³/mol. The van der Waals surface area contributed by atoms with Crippen LogP contribution in [0.2, 0.25) is 0 Å². The lowest BCUT2D eigenvalue weighted by molar-refractivity contribution is 0.175. The third-order valence-corrected chi connectivity index (χ3v) is 2.69. The predicted octanol–water partition coefficient (Wildman–Crippen LogP) is 2.78. The Kier molecular flexibility index (Phi) is 2.61. The molecule has 1 N–H and O–H groups in total. The summed E-state index contributed by atoms with van der Waals surface area (Å²) in [6, 6.07) is 8.21. The quantitative estimate of drug-likeness (QED) is 0.875. The minimum Gasteiger partial charge on any atom is -0.392 e. The fourth-order valence-electron chi connectivity index (χ4n) is 1.61. The van der Waals surface area contributed by atoms with E-state index in [0.717, 1.165) is 9.99 Å². The van der Waals surface area contributed by atoms with E-state index in [1.807, 2.05) is 12.3 Å². The molecule has 0 aliphatic heterocycles. The summed E-state index contributed by atoms with van der Waals surface area (Å²) in [5, 5.41) is 10.5. The number of aliphatic hydroxyl groups is 1. The van der Waals surface area contributed by atoms with Gasteiger partial charge in [0, 0.05) is 28.1 Å². The zero-order chi connectivity index (χ0) is 10.1. The van der Waals surface area contributed by atoms with Crippen LogP contribution in [-0.2, 0) is 6.54 Å². The van der Waals surface area contributed by atoms with Gasteiger partial charge in [0.25, 0.3) is 0 Å². The lowest BCUT2D eigenvalue weighted by Crippen LogP contribution is -2.10. The zero-order valence-corrected chi connectivity index (χ0v) is 9.53. The van der Waals surface area contributed by atoms with Crippen LogP contribution in [0, 0.1) is 0 Å². The highest BCUT2D eigenvalue weighted by atomic mass is 79.9. The molecule has 0 spiro atoms. The van der Waals surface area contributed by atoms with E-state index < -0.39 is 0 Å². The van der Waals surface area contributed by atoms with Gasteiger partial charge in [-0.3, -0.25) is 0 Å². The highest BCUT2D eigenvalue weighted by Crippen LogP contribution is 2.20. The van der Waals surface area contributed by atoms with Crippen molar-refractivity contribution in [2.45, 2.75) is 19.6 Å². The maximum absolute atomic E-state index is 9.31. The Bertz CT molecular complexity index is 447. The summed E-state index contributed by atoms with van der Waals surface area (Å²) in [5.74, 6) is 0. The van der Waals surface area contributed by atoms with Crippen molar-refractivity contribution in [1.29, 1.82) is 0 Å². The summed E-state index contributed by atoms with van der Waals surface area (Å²) in [6.07, 6.45) is 1.69. The number of rotatable bonds is 2. The Morgan fingerprint density at radius 1 is 1.43 bits per heavy atom. The fraction of sp³-hybridized carbons (Fsp3) is 0.273. The Labute approximate surface area is 91.3 Å². The van der Waals surface area contributed by atoms with Crippen LogP contribution in [0.25, 0.3) is 10.9 Å². The van der Waals surface area contributed by atoms with E-state index in [9.17, 15) is 5.11 Å². The molecule has 2 nitrogen and oxygen atoms in total. The summed E-state index contributed by atoms with van der Waals surface area (Å²) < 4.78 is 3.15. The lowest BCUT2D eigenvalue weighted by Gasteiger charge is -2.07. The first-order valence-electron chi connectivity index (χ1n) is 4.59. The Morgan fingerprint density at radius 2 is 2.21 bits per heavy atom. The summed E-state index contributed by atoms with van der Waals surface area (Å²) >= 11 is 3.43. The van der Waals surface area contributed by atoms with E-state index in [1.54, 1.807) is 6.92 Å². The molecule has 14 heavy (non-hydrogen) atoms. The first kappa shape index (κ1) is 9.74. The molecule has 2 aromatic rings. The van der Waals surface area contributed by atoms with Crippen molar-refractivity contribution in [3.8, 4) is 0 Å². The van der Waals surface area contributed by atoms with Gasteiger partial charge >= 0.3 is 0 Å². The van der Waals surface area contributed by atoms with Crippen LogP contribution in [0.3, 0.4) is 0 Å². The molecule has 0 aliphatic rings. The van der Waals surface area contributed by atoms with Gasteiger partial charge in [0.2, 0.25) is 0 Å². The van der Waals surface area contributed by atoms with Crippen LogP contribution < -0.4 is 0 Å². The SMILES string of the molecule is CC(O)Cn1ccc2cc(Br)ccc21. The number of aliphatic hydroxyl groups excluding tert-OH is 1. The summed E-state index contributed by atoms with van der Waals surface area (Å²) in [5.41, 5.74) is 1.16.